The number of halogens is 3. The third-order valence-corrected chi connectivity index (χ3v) is 6.47. The lowest BCUT2D eigenvalue weighted by Crippen LogP contribution is -2.48. The normalized spacial score (nSPS) is 29.5. The van der Waals surface area contributed by atoms with Crippen LogP contribution in [-0.4, -0.2) is 25.0 Å². The highest BCUT2D eigenvalue weighted by Crippen LogP contribution is 2.42. The maximum Gasteiger partial charge on any atom is 0.227 e. The van der Waals surface area contributed by atoms with Crippen molar-refractivity contribution in [3.63, 3.8) is 0 Å². The molecule has 1 heterocycles. The van der Waals surface area contributed by atoms with Gasteiger partial charge in [0, 0.05) is 25.0 Å². The minimum Gasteiger partial charge on any atom is -0.370 e. The number of hydrogen-bond acceptors (Lipinski definition) is 3. The predicted molar refractivity (Wildman–Crippen MR) is 113 cm³/mol. The van der Waals surface area contributed by atoms with Gasteiger partial charge in [0.2, 0.25) is 5.91 Å². The molecular formula is C20H30Cl2FN3O. The van der Waals surface area contributed by atoms with Crippen molar-refractivity contribution >= 4 is 42.1 Å². The van der Waals surface area contributed by atoms with Crippen molar-refractivity contribution in [3.05, 3.63) is 24.0 Å². The van der Waals surface area contributed by atoms with Crippen LogP contribution in [0.2, 0.25) is 0 Å². The van der Waals surface area contributed by atoms with Crippen molar-refractivity contribution in [3.8, 4) is 0 Å². The molecule has 1 amide bonds. The van der Waals surface area contributed by atoms with Gasteiger partial charge in [0.25, 0.3) is 0 Å². The lowest BCUT2D eigenvalue weighted by Gasteiger charge is -2.43. The molecular weight excluding hydrogens is 388 g/mol. The number of anilines is 2. The molecule has 4 nitrogen and oxygen atoms in total. The van der Waals surface area contributed by atoms with Crippen molar-refractivity contribution in [1.29, 1.82) is 0 Å². The fourth-order valence-corrected chi connectivity index (χ4v) is 5.09. The van der Waals surface area contributed by atoms with E-state index in [1.807, 2.05) is 6.07 Å². The van der Waals surface area contributed by atoms with E-state index < -0.39 is 0 Å². The molecule has 2 unspecified atom stereocenters. The standard InChI is InChI=1S/C20H28FN3O.2ClH/c21-16-7-4-8-17(24-9-1-2-10-24)19(16)23-20(25)15-11-13-5-3-6-14(12-15)18(13)22;;/h4,7-8,13-15,18H,1-3,5-6,9-12,22H2,(H,23,25);2*1H. The first-order valence-corrected chi connectivity index (χ1v) is 9.73. The van der Waals surface area contributed by atoms with Crippen LogP contribution in [0, 0.1) is 23.6 Å². The van der Waals surface area contributed by atoms with Crippen molar-refractivity contribution in [1.82, 2.24) is 0 Å². The Morgan fingerprint density at radius 1 is 1.07 bits per heavy atom. The van der Waals surface area contributed by atoms with E-state index >= 15 is 0 Å². The second kappa shape index (κ2) is 9.44. The number of benzene rings is 1. The zero-order valence-corrected chi connectivity index (χ0v) is 17.2. The lowest BCUT2D eigenvalue weighted by atomic mass is 9.65. The highest BCUT2D eigenvalue weighted by Gasteiger charge is 2.40. The van der Waals surface area contributed by atoms with E-state index in [4.69, 9.17) is 5.73 Å². The smallest absolute Gasteiger partial charge is 0.227 e. The fraction of sp³-hybridized carbons (Fsp3) is 0.650. The molecule has 4 rings (SSSR count). The van der Waals surface area contributed by atoms with Crippen molar-refractivity contribution in [2.75, 3.05) is 23.3 Å². The van der Waals surface area contributed by atoms with Crippen LogP contribution in [0.15, 0.2) is 18.2 Å². The Bertz CT molecular complexity index is 640. The zero-order chi connectivity index (χ0) is 17.4. The Balaban J connectivity index is 0.00000131. The summed E-state index contributed by atoms with van der Waals surface area (Å²) in [5, 5.41) is 2.93. The van der Waals surface area contributed by atoms with Gasteiger partial charge >= 0.3 is 0 Å². The molecule has 3 N–H and O–H groups in total. The fourth-order valence-electron chi connectivity index (χ4n) is 5.09. The molecule has 27 heavy (non-hydrogen) atoms. The average molecular weight is 418 g/mol. The number of nitrogens with zero attached hydrogens (tertiary/aromatic N) is 1. The van der Waals surface area contributed by atoms with Crippen LogP contribution < -0.4 is 16.0 Å². The highest BCUT2D eigenvalue weighted by atomic mass is 35.5. The summed E-state index contributed by atoms with van der Waals surface area (Å²) in [4.78, 5) is 15.1. The van der Waals surface area contributed by atoms with E-state index in [2.05, 4.69) is 10.2 Å². The van der Waals surface area contributed by atoms with E-state index in [9.17, 15) is 9.18 Å². The molecule has 0 radical (unpaired) electrons. The molecule has 2 aliphatic carbocycles. The number of nitrogens with one attached hydrogen (secondary N) is 1. The molecule has 1 aromatic rings. The summed E-state index contributed by atoms with van der Waals surface area (Å²) in [6, 6.07) is 5.31. The second-order valence-electron chi connectivity index (χ2n) is 8.01. The summed E-state index contributed by atoms with van der Waals surface area (Å²) in [5.41, 5.74) is 7.51. The molecule has 3 aliphatic rings. The summed E-state index contributed by atoms with van der Waals surface area (Å²) in [6.45, 7) is 1.85. The molecule has 3 fully saturated rings. The molecule has 0 aromatic heterocycles. The van der Waals surface area contributed by atoms with Crippen molar-refractivity contribution in [2.45, 2.75) is 51.0 Å². The number of carbonyl (C=O) groups excluding carboxylic acids is 1. The SMILES string of the molecule is Cl.Cl.NC1C2CCCC1CC(C(=O)Nc1c(F)cccc1N1CCCC1)C2. The van der Waals surface area contributed by atoms with Gasteiger partial charge in [-0.1, -0.05) is 12.5 Å². The quantitative estimate of drug-likeness (QED) is 0.767. The monoisotopic (exact) mass is 417 g/mol. The molecule has 2 bridgehead atoms. The molecule has 0 spiro atoms. The minimum atomic E-state index is -0.342. The van der Waals surface area contributed by atoms with Gasteiger partial charge in [-0.3, -0.25) is 4.79 Å². The Kier molecular flexibility index (Phi) is 7.78. The van der Waals surface area contributed by atoms with Crippen molar-refractivity contribution < 1.29 is 9.18 Å². The molecule has 1 aliphatic heterocycles. The van der Waals surface area contributed by atoms with Gasteiger partial charge in [-0.05, 0) is 62.5 Å². The average Bonchev–Trinajstić information content (AvgIpc) is 3.10. The predicted octanol–water partition coefficient (Wildman–Crippen LogP) is 4.36. The third kappa shape index (κ3) is 4.52. The molecule has 152 valence electrons. The van der Waals surface area contributed by atoms with Gasteiger partial charge in [0.15, 0.2) is 0 Å². The maximum atomic E-state index is 14.5. The first-order valence-electron chi connectivity index (χ1n) is 9.73. The van der Waals surface area contributed by atoms with Crippen LogP contribution in [-0.2, 0) is 4.79 Å². The van der Waals surface area contributed by atoms with Gasteiger partial charge in [-0.2, -0.15) is 0 Å². The maximum absolute atomic E-state index is 14.5. The van der Waals surface area contributed by atoms with Crippen LogP contribution in [0.1, 0.15) is 44.9 Å². The number of amides is 1. The summed E-state index contributed by atoms with van der Waals surface area (Å²) >= 11 is 0. The first-order chi connectivity index (χ1) is 12.1. The molecule has 7 heteroatoms. The number of nitrogens with two attached hydrogens (primary N) is 1. The molecule has 1 aromatic carbocycles. The second-order valence-corrected chi connectivity index (χ2v) is 8.01. The van der Waals surface area contributed by atoms with Crippen LogP contribution in [0.3, 0.4) is 0 Å². The largest absolute Gasteiger partial charge is 0.370 e. The Hall–Kier alpha value is -1.04. The number of carbonyl (C=O) groups is 1. The van der Waals surface area contributed by atoms with E-state index in [0.29, 0.717) is 17.5 Å². The van der Waals surface area contributed by atoms with Crippen LogP contribution >= 0.6 is 24.8 Å². The van der Waals surface area contributed by atoms with E-state index in [1.54, 1.807) is 6.07 Å². The number of hydrogen-bond donors (Lipinski definition) is 2. The van der Waals surface area contributed by atoms with Crippen LogP contribution in [0.25, 0.3) is 0 Å². The van der Waals surface area contributed by atoms with Gasteiger partial charge in [-0.25, -0.2) is 4.39 Å². The van der Waals surface area contributed by atoms with Crippen LogP contribution in [0.4, 0.5) is 15.8 Å². The zero-order valence-electron chi connectivity index (χ0n) is 15.5. The van der Waals surface area contributed by atoms with Crippen molar-refractivity contribution in [2.24, 2.45) is 23.5 Å². The number of rotatable bonds is 3. The topological polar surface area (TPSA) is 58.4 Å². The highest BCUT2D eigenvalue weighted by molar-refractivity contribution is 5.96. The van der Waals surface area contributed by atoms with Gasteiger partial charge in [0.05, 0.1) is 5.69 Å². The van der Waals surface area contributed by atoms with Crippen LogP contribution in [0.5, 0.6) is 0 Å². The number of para-hydroxylation sites is 1. The molecule has 2 saturated carbocycles. The Morgan fingerprint density at radius 2 is 1.70 bits per heavy atom. The van der Waals surface area contributed by atoms with E-state index in [0.717, 1.165) is 57.3 Å². The molecule has 1 saturated heterocycles. The Labute approximate surface area is 173 Å². The number of fused-ring (bicyclic) bond motifs is 2. The first kappa shape index (κ1) is 22.3. The molecule has 2 atom stereocenters. The van der Waals surface area contributed by atoms with E-state index in [-0.39, 0.29) is 48.5 Å². The third-order valence-electron chi connectivity index (χ3n) is 6.47. The minimum absolute atomic E-state index is 0. The lowest BCUT2D eigenvalue weighted by molar-refractivity contribution is -0.122. The summed E-state index contributed by atoms with van der Waals surface area (Å²) in [6.07, 6.45) is 7.40. The summed E-state index contributed by atoms with van der Waals surface area (Å²) < 4.78 is 14.5. The summed E-state index contributed by atoms with van der Waals surface area (Å²) in [7, 11) is 0. The van der Waals surface area contributed by atoms with E-state index in [1.165, 1.54) is 12.5 Å². The summed E-state index contributed by atoms with van der Waals surface area (Å²) in [5.74, 6) is 0.477. The Morgan fingerprint density at radius 3 is 2.33 bits per heavy atom. The van der Waals surface area contributed by atoms with Gasteiger partial charge in [0.1, 0.15) is 11.5 Å². The van der Waals surface area contributed by atoms with Gasteiger partial charge < -0.3 is 16.0 Å². The van der Waals surface area contributed by atoms with Gasteiger partial charge in [-0.15, -0.1) is 24.8 Å².